The quantitative estimate of drug-likeness (QED) is 0.302. The predicted octanol–water partition coefficient (Wildman–Crippen LogP) is 5.19. The number of ether oxygens (including phenoxy) is 1. The lowest BCUT2D eigenvalue weighted by molar-refractivity contribution is -0.162. The Morgan fingerprint density at radius 1 is 1.21 bits per heavy atom. The molecule has 11 heteroatoms. The molecule has 1 saturated heterocycles. The average molecular weight is 563 g/mol. The Bertz CT molecular complexity index is 1240. The van der Waals surface area contributed by atoms with Gasteiger partial charge in [-0.1, -0.05) is 45.4 Å². The summed E-state index contributed by atoms with van der Waals surface area (Å²) >= 11 is 7.58. The fourth-order valence-corrected chi connectivity index (χ4v) is 5.69. The number of thiophene rings is 1. The number of hydrogen-bond donors (Lipinski definition) is 3. The molecule has 0 radical (unpaired) electrons. The van der Waals surface area contributed by atoms with Crippen molar-refractivity contribution in [1.82, 2.24) is 10.2 Å². The van der Waals surface area contributed by atoms with Crippen LogP contribution in [0.5, 0.6) is 0 Å². The summed E-state index contributed by atoms with van der Waals surface area (Å²) in [6.45, 7) is 11.5. The van der Waals surface area contributed by atoms with Crippen LogP contribution in [0.1, 0.15) is 68.8 Å². The van der Waals surface area contributed by atoms with Gasteiger partial charge in [-0.2, -0.15) is 0 Å². The molecule has 4 amide bonds. The highest BCUT2D eigenvalue weighted by atomic mass is 35.5. The molecule has 0 bridgehead atoms. The van der Waals surface area contributed by atoms with Crippen LogP contribution >= 0.6 is 22.9 Å². The van der Waals surface area contributed by atoms with Crippen LogP contribution in [-0.4, -0.2) is 54.0 Å². The second kappa shape index (κ2) is 11.7. The third kappa shape index (κ3) is 5.66. The molecule has 1 aliphatic heterocycles. The van der Waals surface area contributed by atoms with Gasteiger partial charge in [-0.3, -0.25) is 14.9 Å². The smallest absolute Gasteiger partial charge is 0.341 e. The molecule has 1 aromatic heterocycles. The van der Waals surface area contributed by atoms with Crippen LogP contribution < -0.4 is 16.0 Å². The van der Waals surface area contributed by atoms with E-state index >= 15 is 0 Å². The molecule has 2 aromatic rings. The first-order valence-electron chi connectivity index (χ1n) is 12.7. The fraction of sp³-hybridized carbons (Fsp3) is 0.481. The summed E-state index contributed by atoms with van der Waals surface area (Å²) in [4.78, 5) is 54.9. The second-order valence-corrected chi connectivity index (χ2v) is 11.3. The third-order valence-electron chi connectivity index (χ3n) is 6.98. The maximum absolute atomic E-state index is 14.0. The first-order valence-corrected chi connectivity index (χ1v) is 13.9. The molecule has 38 heavy (non-hydrogen) atoms. The molecule has 0 spiro atoms. The lowest BCUT2D eigenvalue weighted by Crippen LogP contribution is -2.69. The van der Waals surface area contributed by atoms with Crippen molar-refractivity contribution in [3.63, 3.8) is 0 Å². The molecule has 3 rings (SSSR count). The molecule has 206 valence electrons. The highest BCUT2D eigenvalue weighted by Crippen LogP contribution is 2.39. The second-order valence-electron chi connectivity index (χ2n) is 9.79. The summed E-state index contributed by atoms with van der Waals surface area (Å²) in [6, 6.07) is 6.46. The maximum Gasteiger partial charge on any atom is 0.341 e. The molecule has 1 atom stereocenters. The van der Waals surface area contributed by atoms with Crippen LogP contribution in [0.4, 0.5) is 15.5 Å². The Balaban J connectivity index is 2.01. The van der Waals surface area contributed by atoms with Gasteiger partial charge < -0.3 is 20.3 Å². The van der Waals surface area contributed by atoms with E-state index in [1.54, 1.807) is 31.2 Å². The van der Waals surface area contributed by atoms with E-state index in [9.17, 15) is 19.2 Å². The molecule has 0 aliphatic carbocycles. The Morgan fingerprint density at radius 2 is 1.92 bits per heavy atom. The lowest BCUT2D eigenvalue weighted by Gasteiger charge is -2.41. The Kier molecular flexibility index (Phi) is 9.09. The predicted molar refractivity (Wildman–Crippen MR) is 150 cm³/mol. The standard InChI is InChI=1S/C27H35ClN4O5S/c1-7-16-18(28)11-10-12-19(16)30-25(36)31-21-17(15-20(38-21)26(4,5)8-2)22(33)32-14-13-29-23(34)27(32,6)24(35)37-9-3/h10-12,15H,7-9,13-14H2,1-6H3,(H,29,34)(H2,30,31,36). The summed E-state index contributed by atoms with van der Waals surface area (Å²) in [6.07, 6.45) is 1.41. The van der Waals surface area contributed by atoms with Crippen molar-refractivity contribution in [2.75, 3.05) is 30.3 Å². The number of piperazine rings is 1. The van der Waals surface area contributed by atoms with Crippen LogP contribution in [0.2, 0.25) is 5.02 Å². The van der Waals surface area contributed by atoms with E-state index in [4.69, 9.17) is 16.3 Å². The first kappa shape index (κ1) is 29.4. The van der Waals surface area contributed by atoms with E-state index in [1.165, 1.54) is 23.2 Å². The number of amides is 4. The molecule has 1 unspecified atom stereocenters. The molecule has 2 heterocycles. The van der Waals surface area contributed by atoms with Gasteiger partial charge in [-0.25, -0.2) is 9.59 Å². The lowest BCUT2D eigenvalue weighted by atomic mass is 9.88. The SMILES string of the molecule is CCOC(=O)C1(C)C(=O)NCCN1C(=O)c1cc(C(C)(C)CC)sc1NC(=O)Nc1cccc(Cl)c1CC. The number of urea groups is 1. The van der Waals surface area contributed by atoms with Gasteiger partial charge in [0.05, 0.1) is 12.2 Å². The van der Waals surface area contributed by atoms with E-state index in [2.05, 4.69) is 16.0 Å². The van der Waals surface area contributed by atoms with Crippen LogP contribution in [0, 0.1) is 0 Å². The summed E-state index contributed by atoms with van der Waals surface area (Å²) in [5.41, 5.74) is -0.553. The average Bonchev–Trinajstić information content (AvgIpc) is 3.30. The number of rotatable bonds is 8. The van der Waals surface area contributed by atoms with Crippen molar-refractivity contribution in [1.29, 1.82) is 0 Å². The largest absolute Gasteiger partial charge is 0.464 e. The van der Waals surface area contributed by atoms with Gasteiger partial charge in [0.1, 0.15) is 5.00 Å². The van der Waals surface area contributed by atoms with Crippen molar-refractivity contribution < 1.29 is 23.9 Å². The monoisotopic (exact) mass is 562 g/mol. The minimum absolute atomic E-state index is 0.0627. The Labute approximate surface area is 232 Å². The van der Waals surface area contributed by atoms with E-state index in [0.717, 1.165) is 16.9 Å². The van der Waals surface area contributed by atoms with Gasteiger partial charge >= 0.3 is 12.0 Å². The van der Waals surface area contributed by atoms with Gasteiger partial charge in [0.25, 0.3) is 11.8 Å². The minimum Gasteiger partial charge on any atom is -0.464 e. The van der Waals surface area contributed by atoms with Crippen LogP contribution in [-0.2, 0) is 26.2 Å². The summed E-state index contributed by atoms with van der Waals surface area (Å²) < 4.78 is 5.16. The summed E-state index contributed by atoms with van der Waals surface area (Å²) in [5.74, 6) is -1.97. The molecule has 1 aliphatic rings. The van der Waals surface area contributed by atoms with E-state index in [-0.39, 0.29) is 30.7 Å². The number of benzene rings is 1. The molecule has 9 nitrogen and oxygen atoms in total. The zero-order chi connectivity index (χ0) is 28.3. The number of anilines is 2. The molecule has 1 aromatic carbocycles. The molecule has 1 fully saturated rings. The van der Waals surface area contributed by atoms with Crippen molar-refractivity contribution in [2.45, 2.75) is 65.3 Å². The number of carbonyl (C=O) groups is 4. The number of nitrogens with one attached hydrogen (secondary N) is 3. The Morgan fingerprint density at radius 3 is 2.55 bits per heavy atom. The van der Waals surface area contributed by atoms with Gasteiger partial charge in [-0.15, -0.1) is 11.3 Å². The highest BCUT2D eigenvalue weighted by molar-refractivity contribution is 7.16. The van der Waals surface area contributed by atoms with Crippen molar-refractivity contribution in [3.8, 4) is 0 Å². The van der Waals surface area contributed by atoms with Crippen LogP contribution in [0.3, 0.4) is 0 Å². The van der Waals surface area contributed by atoms with Gasteiger partial charge in [0, 0.05) is 28.7 Å². The molecular formula is C27H35ClN4O5S. The van der Waals surface area contributed by atoms with Crippen LogP contribution in [0.25, 0.3) is 0 Å². The number of hydrogen-bond acceptors (Lipinski definition) is 6. The number of esters is 1. The zero-order valence-corrected chi connectivity index (χ0v) is 24.2. The minimum atomic E-state index is -1.84. The van der Waals surface area contributed by atoms with Crippen molar-refractivity contribution in [2.24, 2.45) is 0 Å². The third-order valence-corrected chi connectivity index (χ3v) is 8.75. The number of halogens is 1. The van der Waals surface area contributed by atoms with E-state index in [1.807, 2.05) is 27.7 Å². The number of nitrogens with zero attached hydrogens (tertiary/aromatic N) is 1. The molecule has 0 saturated carbocycles. The number of carbonyl (C=O) groups excluding carboxylic acids is 4. The maximum atomic E-state index is 14.0. The summed E-state index contributed by atoms with van der Waals surface area (Å²) in [7, 11) is 0. The molecule has 3 N–H and O–H groups in total. The Hall–Kier alpha value is -3.11. The van der Waals surface area contributed by atoms with Crippen molar-refractivity contribution in [3.05, 3.63) is 45.3 Å². The van der Waals surface area contributed by atoms with Gasteiger partial charge in [0.15, 0.2) is 0 Å². The highest BCUT2D eigenvalue weighted by Gasteiger charge is 2.52. The first-order chi connectivity index (χ1) is 17.9. The zero-order valence-electron chi connectivity index (χ0n) is 22.6. The van der Waals surface area contributed by atoms with Crippen molar-refractivity contribution >= 4 is 57.4 Å². The normalized spacial score (nSPS) is 17.6. The van der Waals surface area contributed by atoms with E-state index < -0.39 is 29.4 Å². The molecular weight excluding hydrogens is 528 g/mol. The van der Waals surface area contributed by atoms with E-state index in [0.29, 0.717) is 22.1 Å². The van der Waals surface area contributed by atoms with Gasteiger partial charge in [0.2, 0.25) is 5.54 Å². The fourth-order valence-electron chi connectivity index (χ4n) is 4.17. The van der Waals surface area contributed by atoms with Crippen LogP contribution in [0.15, 0.2) is 24.3 Å². The summed E-state index contributed by atoms with van der Waals surface area (Å²) in [5, 5.41) is 9.17. The van der Waals surface area contributed by atoms with Gasteiger partial charge in [-0.05, 0) is 55.9 Å². The topological polar surface area (TPSA) is 117 Å².